The summed E-state index contributed by atoms with van der Waals surface area (Å²) in [6.45, 7) is 0.250. The van der Waals surface area contributed by atoms with E-state index in [-0.39, 0.29) is 6.79 Å². The zero-order valence-corrected chi connectivity index (χ0v) is 13.3. The lowest BCUT2D eigenvalue weighted by atomic mass is 10.1. The van der Waals surface area contributed by atoms with E-state index in [1.807, 2.05) is 35.7 Å². The van der Waals surface area contributed by atoms with Gasteiger partial charge in [-0.15, -0.1) is 11.3 Å². The minimum Gasteiger partial charge on any atom is -0.454 e. The number of thiazole rings is 1. The first-order valence-electron chi connectivity index (χ1n) is 7.22. The molecule has 4 rings (SSSR count). The summed E-state index contributed by atoms with van der Waals surface area (Å²) in [5.41, 5.74) is 2.81. The highest BCUT2D eigenvalue weighted by Crippen LogP contribution is 2.36. The summed E-state index contributed by atoms with van der Waals surface area (Å²) < 4.78 is 10.7. The number of pyridine rings is 1. The minimum absolute atomic E-state index is 0.250. The molecule has 5 nitrogen and oxygen atoms in total. The smallest absolute Gasteiger partial charge is 0.231 e. The summed E-state index contributed by atoms with van der Waals surface area (Å²) in [5, 5.41) is 12.1. The van der Waals surface area contributed by atoms with Crippen molar-refractivity contribution in [3.8, 4) is 28.1 Å². The van der Waals surface area contributed by atoms with Crippen molar-refractivity contribution in [2.24, 2.45) is 0 Å². The first kappa shape index (κ1) is 14.4. The lowest BCUT2D eigenvalue weighted by molar-refractivity contribution is 0.174. The van der Waals surface area contributed by atoms with E-state index in [1.54, 1.807) is 18.3 Å². The molecule has 116 valence electrons. The van der Waals surface area contributed by atoms with Crippen molar-refractivity contribution >= 4 is 23.0 Å². The van der Waals surface area contributed by atoms with Crippen LogP contribution in [-0.4, -0.2) is 16.8 Å². The number of aromatic nitrogens is 2. The van der Waals surface area contributed by atoms with E-state index in [2.05, 4.69) is 16.0 Å². The number of fused-ring (bicyclic) bond motifs is 1. The summed E-state index contributed by atoms with van der Waals surface area (Å²) in [6, 6.07) is 13.4. The molecule has 24 heavy (non-hydrogen) atoms. The van der Waals surface area contributed by atoms with Crippen LogP contribution in [0.4, 0.5) is 0 Å². The maximum Gasteiger partial charge on any atom is 0.231 e. The molecule has 2 aromatic heterocycles. The molecule has 0 atom stereocenters. The second kappa shape index (κ2) is 6.14. The van der Waals surface area contributed by atoms with Gasteiger partial charge in [-0.3, -0.25) is 4.98 Å². The van der Waals surface area contributed by atoms with Crippen LogP contribution in [0.15, 0.2) is 48.0 Å². The lowest BCUT2D eigenvalue weighted by Crippen LogP contribution is -1.92. The van der Waals surface area contributed by atoms with Gasteiger partial charge in [-0.05, 0) is 36.4 Å². The molecule has 1 aliphatic rings. The Hall–Kier alpha value is -3.17. The van der Waals surface area contributed by atoms with E-state index in [4.69, 9.17) is 9.47 Å². The molecular formula is C18H11N3O2S. The number of allylic oxidation sites excluding steroid dienone is 1. The molecule has 0 aliphatic carbocycles. The van der Waals surface area contributed by atoms with Crippen molar-refractivity contribution in [2.45, 2.75) is 0 Å². The maximum absolute atomic E-state index is 9.36. The van der Waals surface area contributed by atoms with E-state index in [0.29, 0.717) is 11.3 Å². The predicted molar refractivity (Wildman–Crippen MR) is 91.4 cm³/mol. The monoisotopic (exact) mass is 333 g/mol. The second-order valence-corrected chi connectivity index (χ2v) is 5.89. The highest BCUT2D eigenvalue weighted by molar-refractivity contribution is 7.13. The van der Waals surface area contributed by atoms with E-state index < -0.39 is 0 Å². The Morgan fingerprint density at radius 1 is 1.21 bits per heavy atom. The number of nitrogens with zero attached hydrogens (tertiary/aromatic N) is 3. The average Bonchev–Trinajstić information content (AvgIpc) is 3.29. The Morgan fingerprint density at radius 2 is 2.12 bits per heavy atom. The fourth-order valence-corrected chi connectivity index (χ4v) is 3.12. The Labute approximate surface area is 142 Å². The van der Waals surface area contributed by atoms with Crippen LogP contribution in [0.1, 0.15) is 11.4 Å². The molecule has 1 aliphatic heterocycles. The van der Waals surface area contributed by atoms with Crippen molar-refractivity contribution in [3.05, 3.63) is 59.4 Å². The Bertz CT molecular complexity index is 958. The molecule has 1 aromatic carbocycles. The van der Waals surface area contributed by atoms with E-state index in [1.165, 1.54) is 11.3 Å². The van der Waals surface area contributed by atoms with Gasteiger partial charge in [0.2, 0.25) is 6.79 Å². The molecule has 0 saturated heterocycles. The van der Waals surface area contributed by atoms with E-state index in [0.717, 1.165) is 27.8 Å². The standard InChI is InChI=1S/C18H11N3O2S/c19-9-13(15-3-1-2-6-20-15)7-14-10-24-18(21-14)12-4-5-16-17(8-12)23-11-22-16/h1-8,10H,11H2. The van der Waals surface area contributed by atoms with Gasteiger partial charge in [0.25, 0.3) is 0 Å². The Kier molecular flexibility index (Phi) is 3.69. The summed E-state index contributed by atoms with van der Waals surface area (Å²) in [5.74, 6) is 1.48. The molecule has 3 aromatic rings. The Morgan fingerprint density at radius 3 is 2.96 bits per heavy atom. The van der Waals surface area contributed by atoms with Crippen LogP contribution in [0.25, 0.3) is 22.2 Å². The number of hydrogen-bond acceptors (Lipinski definition) is 6. The van der Waals surface area contributed by atoms with Gasteiger partial charge in [0.15, 0.2) is 11.5 Å². The number of nitriles is 1. The van der Waals surface area contributed by atoms with Crippen molar-refractivity contribution in [1.29, 1.82) is 5.26 Å². The first-order valence-corrected chi connectivity index (χ1v) is 8.10. The Balaban J connectivity index is 1.65. The highest BCUT2D eigenvalue weighted by atomic mass is 32.1. The third-order valence-corrected chi connectivity index (χ3v) is 4.40. The molecule has 0 N–H and O–H groups in total. The SMILES string of the molecule is N#CC(=Cc1csc(-c2ccc3c(c2)OCO3)n1)c1ccccn1. The molecule has 0 radical (unpaired) electrons. The average molecular weight is 333 g/mol. The summed E-state index contributed by atoms with van der Waals surface area (Å²) >= 11 is 1.51. The van der Waals surface area contributed by atoms with Crippen molar-refractivity contribution in [1.82, 2.24) is 9.97 Å². The molecular weight excluding hydrogens is 322 g/mol. The van der Waals surface area contributed by atoms with Crippen molar-refractivity contribution in [2.75, 3.05) is 6.79 Å². The summed E-state index contributed by atoms with van der Waals surface area (Å²) in [7, 11) is 0. The number of rotatable bonds is 3. The fourth-order valence-electron chi connectivity index (χ4n) is 2.35. The van der Waals surface area contributed by atoms with E-state index >= 15 is 0 Å². The van der Waals surface area contributed by atoms with Crippen LogP contribution in [-0.2, 0) is 0 Å². The van der Waals surface area contributed by atoms with Gasteiger partial charge >= 0.3 is 0 Å². The van der Waals surface area contributed by atoms with Gasteiger partial charge in [-0.25, -0.2) is 4.98 Å². The van der Waals surface area contributed by atoms with Crippen molar-refractivity contribution < 1.29 is 9.47 Å². The predicted octanol–water partition coefficient (Wildman–Crippen LogP) is 4.00. The molecule has 0 saturated carbocycles. The molecule has 0 fully saturated rings. The number of hydrogen-bond donors (Lipinski definition) is 0. The van der Waals surface area contributed by atoms with Gasteiger partial charge in [-0.2, -0.15) is 5.26 Å². The first-order chi connectivity index (χ1) is 11.8. The zero-order chi connectivity index (χ0) is 16.4. The molecule has 3 heterocycles. The van der Waals surface area contributed by atoms with Gasteiger partial charge in [-0.1, -0.05) is 6.07 Å². The van der Waals surface area contributed by atoms with Gasteiger partial charge in [0.1, 0.15) is 11.1 Å². The highest BCUT2D eigenvalue weighted by Gasteiger charge is 2.15. The molecule has 6 heteroatoms. The maximum atomic E-state index is 9.36. The summed E-state index contributed by atoms with van der Waals surface area (Å²) in [6.07, 6.45) is 3.41. The lowest BCUT2D eigenvalue weighted by Gasteiger charge is -1.99. The summed E-state index contributed by atoms with van der Waals surface area (Å²) in [4.78, 5) is 8.79. The quantitative estimate of drug-likeness (QED) is 0.678. The van der Waals surface area contributed by atoms with Crippen LogP contribution < -0.4 is 9.47 Å². The molecule has 0 bridgehead atoms. The third-order valence-electron chi connectivity index (χ3n) is 3.49. The van der Waals surface area contributed by atoms with E-state index in [9.17, 15) is 5.26 Å². The number of benzene rings is 1. The zero-order valence-electron chi connectivity index (χ0n) is 12.5. The van der Waals surface area contributed by atoms with Crippen LogP contribution >= 0.6 is 11.3 Å². The van der Waals surface area contributed by atoms with Gasteiger partial charge < -0.3 is 9.47 Å². The fraction of sp³-hybridized carbons (Fsp3) is 0.0556. The van der Waals surface area contributed by atoms with Gasteiger partial charge in [0.05, 0.1) is 17.0 Å². The van der Waals surface area contributed by atoms with Crippen LogP contribution in [0.5, 0.6) is 11.5 Å². The van der Waals surface area contributed by atoms with Gasteiger partial charge in [0, 0.05) is 17.1 Å². The third kappa shape index (κ3) is 2.73. The topological polar surface area (TPSA) is 68.0 Å². The molecule has 0 amide bonds. The van der Waals surface area contributed by atoms with Crippen LogP contribution in [0.2, 0.25) is 0 Å². The molecule has 0 spiro atoms. The van der Waals surface area contributed by atoms with Crippen LogP contribution in [0.3, 0.4) is 0 Å². The number of ether oxygens (including phenoxy) is 2. The largest absolute Gasteiger partial charge is 0.454 e. The minimum atomic E-state index is 0.250. The molecule has 0 unspecified atom stereocenters. The second-order valence-electron chi connectivity index (χ2n) is 5.03. The normalized spacial score (nSPS) is 12.9. The van der Waals surface area contributed by atoms with Crippen molar-refractivity contribution in [3.63, 3.8) is 0 Å². The van der Waals surface area contributed by atoms with Crippen LogP contribution in [0, 0.1) is 11.3 Å².